The highest BCUT2D eigenvalue weighted by molar-refractivity contribution is 5.91. The van der Waals surface area contributed by atoms with Gasteiger partial charge in [0.05, 0.1) is 0 Å². The Morgan fingerprint density at radius 1 is 1.03 bits per heavy atom. The largest absolute Gasteiger partial charge is 0.341 e. The van der Waals surface area contributed by atoms with Crippen molar-refractivity contribution in [2.24, 2.45) is 11.3 Å². The fourth-order valence-corrected chi connectivity index (χ4v) is 5.03. The Morgan fingerprint density at radius 3 is 2.52 bits per heavy atom. The summed E-state index contributed by atoms with van der Waals surface area (Å²) in [7, 11) is 0. The van der Waals surface area contributed by atoms with Crippen molar-refractivity contribution in [2.75, 3.05) is 23.3 Å². The lowest BCUT2D eigenvalue weighted by molar-refractivity contribution is -0.126. The molecule has 8 heteroatoms. The SMILES string of the molecule is CC1(C)CCCC(c2cccc(NC(=O)NNC(=O)C3CCN(c4ncccn4)CC3)c2)C1. The number of anilines is 2. The number of nitrogens with one attached hydrogen (secondary N) is 3. The van der Waals surface area contributed by atoms with Crippen molar-refractivity contribution in [3.63, 3.8) is 0 Å². The summed E-state index contributed by atoms with van der Waals surface area (Å²) in [6.45, 7) is 6.07. The van der Waals surface area contributed by atoms with Crippen LogP contribution >= 0.6 is 0 Å². The van der Waals surface area contributed by atoms with Gasteiger partial charge in [-0.3, -0.25) is 10.2 Å². The van der Waals surface area contributed by atoms with Gasteiger partial charge in [0.25, 0.3) is 0 Å². The van der Waals surface area contributed by atoms with E-state index in [1.54, 1.807) is 18.5 Å². The van der Waals surface area contributed by atoms with Crippen LogP contribution in [0.25, 0.3) is 0 Å². The summed E-state index contributed by atoms with van der Waals surface area (Å²) in [6, 6.07) is 9.39. The molecule has 1 aliphatic heterocycles. The lowest BCUT2D eigenvalue weighted by Gasteiger charge is -2.35. The van der Waals surface area contributed by atoms with Crippen molar-refractivity contribution in [1.29, 1.82) is 0 Å². The van der Waals surface area contributed by atoms with Crippen molar-refractivity contribution in [2.45, 2.75) is 58.3 Å². The smallest absolute Gasteiger partial charge is 0.337 e. The zero-order valence-electron chi connectivity index (χ0n) is 19.5. The lowest BCUT2D eigenvalue weighted by atomic mass is 9.70. The van der Waals surface area contributed by atoms with Gasteiger partial charge in [0.15, 0.2) is 0 Å². The summed E-state index contributed by atoms with van der Waals surface area (Å²) in [5, 5.41) is 2.84. The number of benzene rings is 1. The third-order valence-corrected chi connectivity index (χ3v) is 6.82. The van der Waals surface area contributed by atoms with Gasteiger partial charge < -0.3 is 10.2 Å². The van der Waals surface area contributed by atoms with Crippen LogP contribution in [-0.2, 0) is 4.79 Å². The molecule has 1 aromatic heterocycles. The summed E-state index contributed by atoms with van der Waals surface area (Å²) in [6.07, 6.45) is 9.66. The van der Waals surface area contributed by atoms with Gasteiger partial charge in [0.1, 0.15) is 0 Å². The Morgan fingerprint density at radius 2 is 1.79 bits per heavy atom. The second kappa shape index (κ2) is 10.2. The van der Waals surface area contributed by atoms with Crippen LogP contribution in [0, 0.1) is 11.3 Å². The van der Waals surface area contributed by atoms with E-state index in [0.29, 0.717) is 43.2 Å². The normalized spacial score (nSPS) is 20.7. The minimum absolute atomic E-state index is 0.150. The van der Waals surface area contributed by atoms with E-state index in [4.69, 9.17) is 0 Å². The number of carbonyl (C=O) groups is 2. The highest BCUT2D eigenvalue weighted by Crippen LogP contribution is 2.43. The number of rotatable bonds is 4. The molecule has 2 fully saturated rings. The van der Waals surface area contributed by atoms with Crippen LogP contribution in [0.15, 0.2) is 42.7 Å². The van der Waals surface area contributed by atoms with Gasteiger partial charge >= 0.3 is 6.03 Å². The van der Waals surface area contributed by atoms with E-state index in [9.17, 15) is 9.59 Å². The third-order valence-electron chi connectivity index (χ3n) is 6.82. The van der Waals surface area contributed by atoms with Crippen molar-refractivity contribution < 1.29 is 9.59 Å². The average Bonchev–Trinajstić information content (AvgIpc) is 2.83. The van der Waals surface area contributed by atoms with Gasteiger partial charge in [-0.2, -0.15) is 0 Å². The van der Waals surface area contributed by atoms with E-state index in [-0.39, 0.29) is 11.8 Å². The molecule has 3 amide bonds. The van der Waals surface area contributed by atoms with Gasteiger partial charge in [-0.25, -0.2) is 20.2 Å². The van der Waals surface area contributed by atoms with Gasteiger partial charge in [-0.05, 0) is 67.2 Å². The number of nitrogens with zero attached hydrogens (tertiary/aromatic N) is 3. The molecule has 0 spiro atoms. The molecule has 1 saturated heterocycles. The van der Waals surface area contributed by atoms with Crippen molar-refractivity contribution in [3.05, 3.63) is 48.3 Å². The summed E-state index contributed by atoms with van der Waals surface area (Å²) >= 11 is 0. The highest BCUT2D eigenvalue weighted by Gasteiger charge is 2.29. The third kappa shape index (κ3) is 6.21. The van der Waals surface area contributed by atoms with Crippen LogP contribution in [0.3, 0.4) is 0 Å². The number of hydrogen-bond acceptors (Lipinski definition) is 5. The zero-order valence-corrected chi connectivity index (χ0v) is 19.5. The van der Waals surface area contributed by atoms with Crippen LogP contribution in [0.1, 0.15) is 63.9 Å². The molecule has 0 radical (unpaired) electrons. The predicted molar refractivity (Wildman–Crippen MR) is 129 cm³/mol. The Bertz CT molecular complexity index is 956. The molecule has 33 heavy (non-hydrogen) atoms. The number of piperidine rings is 1. The first kappa shape index (κ1) is 23.0. The first-order chi connectivity index (χ1) is 15.9. The van der Waals surface area contributed by atoms with Crippen LogP contribution < -0.4 is 21.1 Å². The van der Waals surface area contributed by atoms with Crippen LogP contribution in [0.4, 0.5) is 16.4 Å². The Labute approximate surface area is 195 Å². The zero-order chi connectivity index (χ0) is 23.3. The fraction of sp³-hybridized carbons (Fsp3) is 0.520. The van der Waals surface area contributed by atoms with Crippen LogP contribution in [-0.4, -0.2) is 35.0 Å². The first-order valence-corrected chi connectivity index (χ1v) is 11.9. The maximum Gasteiger partial charge on any atom is 0.337 e. The number of amides is 3. The fourth-order valence-electron chi connectivity index (χ4n) is 5.03. The van der Waals surface area contributed by atoms with Crippen LogP contribution in [0.2, 0.25) is 0 Å². The Balaban J connectivity index is 1.23. The van der Waals surface area contributed by atoms with Gasteiger partial charge in [-0.1, -0.05) is 32.4 Å². The first-order valence-electron chi connectivity index (χ1n) is 11.9. The number of hydrogen-bond donors (Lipinski definition) is 3. The average molecular weight is 451 g/mol. The lowest BCUT2D eigenvalue weighted by Crippen LogP contribution is -2.48. The van der Waals surface area contributed by atoms with E-state index in [2.05, 4.69) is 57.0 Å². The minimum Gasteiger partial charge on any atom is -0.341 e. The second-order valence-electron chi connectivity index (χ2n) is 9.96. The van der Waals surface area contributed by atoms with E-state index >= 15 is 0 Å². The Kier molecular flexibility index (Phi) is 7.11. The number of carbonyl (C=O) groups excluding carboxylic acids is 2. The summed E-state index contributed by atoms with van der Waals surface area (Å²) in [5.41, 5.74) is 7.42. The molecule has 2 aliphatic rings. The molecule has 176 valence electrons. The summed E-state index contributed by atoms with van der Waals surface area (Å²) in [4.78, 5) is 35.5. The molecule has 1 saturated carbocycles. The van der Waals surface area contributed by atoms with E-state index in [0.717, 1.165) is 12.1 Å². The number of aromatic nitrogens is 2. The molecule has 3 N–H and O–H groups in total. The van der Waals surface area contributed by atoms with Gasteiger partial charge in [0.2, 0.25) is 11.9 Å². The molecule has 1 aromatic carbocycles. The maximum absolute atomic E-state index is 12.5. The molecular formula is C25H34N6O2. The van der Waals surface area contributed by atoms with Crippen molar-refractivity contribution >= 4 is 23.6 Å². The molecular weight excluding hydrogens is 416 g/mol. The van der Waals surface area contributed by atoms with E-state index in [1.807, 2.05) is 12.1 Å². The molecule has 1 unspecified atom stereocenters. The molecule has 8 nitrogen and oxygen atoms in total. The van der Waals surface area contributed by atoms with Gasteiger partial charge in [-0.15, -0.1) is 0 Å². The minimum atomic E-state index is -0.445. The molecule has 4 rings (SSSR count). The molecule has 2 heterocycles. The Hall–Kier alpha value is -3.16. The molecule has 1 atom stereocenters. The number of urea groups is 1. The summed E-state index contributed by atoms with van der Waals surface area (Å²) < 4.78 is 0. The van der Waals surface area contributed by atoms with Crippen molar-refractivity contribution in [1.82, 2.24) is 20.8 Å². The number of hydrazine groups is 1. The second-order valence-corrected chi connectivity index (χ2v) is 9.96. The van der Waals surface area contributed by atoms with Crippen molar-refractivity contribution in [3.8, 4) is 0 Å². The summed E-state index contributed by atoms with van der Waals surface area (Å²) in [5.74, 6) is 0.888. The monoisotopic (exact) mass is 450 g/mol. The maximum atomic E-state index is 12.5. The highest BCUT2D eigenvalue weighted by atomic mass is 16.2. The quantitative estimate of drug-likeness (QED) is 0.606. The van der Waals surface area contributed by atoms with E-state index < -0.39 is 6.03 Å². The molecule has 0 bridgehead atoms. The standard InChI is InChI=1S/C25H34N6O2/c1-25(2)11-4-7-20(17-25)19-6-3-8-21(16-19)28-24(33)30-29-22(32)18-9-14-31(15-10-18)23-26-12-5-13-27-23/h3,5-6,8,12-13,16,18,20H,4,7,9-11,14-15,17H2,1-2H3,(H,29,32)(H2,28,30,33). The molecule has 1 aliphatic carbocycles. The topological polar surface area (TPSA) is 99.2 Å². The van der Waals surface area contributed by atoms with E-state index in [1.165, 1.54) is 24.8 Å². The predicted octanol–water partition coefficient (Wildman–Crippen LogP) is 4.23. The molecule has 2 aromatic rings. The van der Waals surface area contributed by atoms with Gasteiger partial charge in [0, 0.05) is 37.1 Å². The van der Waals surface area contributed by atoms with Crippen LogP contribution in [0.5, 0.6) is 0 Å².